The Morgan fingerprint density at radius 1 is 1.00 bits per heavy atom. The number of benzene rings is 2. The van der Waals surface area contributed by atoms with Gasteiger partial charge < -0.3 is 14.6 Å². The van der Waals surface area contributed by atoms with Crippen LogP contribution in [0.25, 0.3) is 0 Å². The van der Waals surface area contributed by atoms with E-state index >= 15 is 0 Å². The fourth-order valence-electron chi connectivity index (χ4n) is 2.86. The molecule has 1 N–H and O–H groups in total. The highest BCUT2D eigenvalue weighted by atomic mass is 16.3. The molecule has 3 aromatic rings. The van der Waals surface area contributed by atoms with Crippen LogP contribution in [0.4, 0.5) is 5.69 Å². The monoisotopic (exact) mass is 362 g/mol. The normalized spacial score (nSPS) is 10.4. The van der Waals surface area contributed by atoms with E-state index in [1.54, 1.807) is 29.4 Å². The van der Waals surface area contributed by atoms with E-state index in [1.807, 2.05) is 49.4 Å². The topological polar surface area (TPSA) is 62.6 Å². The zero-order valence-corrected chi connectivity index (χ0v) is 15.4. The number of hydrogen-bond acceptors (Lipinski definition) is 3. The van der Waals surface area contributed by atoms with Gasteiger partial charge in [0, 0.05) is 24.7 Å². The Morgan fingerprint density at radius 2 is 1.78 bits per heavy atom. The average molecular weight is 362 g/mol. The first kappa shape index (κ1) is 18.5. The maximum atomic E-state index is 13.2. The first-order valence-electron chi connectivity index (χ1n) is 8.77. The molecule has 0 radical (unpaired) electrons. The highest BCUT2D eigenvalue weighted by Crippen LogP contribution is 2.20. The molecule has 1 heterocycles. The molecule has 5 nitrogen and oxygen atoms in total. The van der Waals surface area contributed by atoms with E-state index in [4.69, 9.17) is 4.42 Å². The van der Waals surface area contributed by atoms with Gasteiger partial charge in [-0.25, -0.2) is 0 Å². The molecular formula is C22H22N2O3. The quantitative estimate of drug-likeness (QED) is 0.707. The van der Waals surface area contributed by atoms with Gasteiger partial charge in [0.1, 0.15) is 5.76 Å². The minimum atomic E-state index is -0.167. The van der Waals surface area contributed by atoms with E-state index in [1.165, 1.54) is 6.92 Å². The zero-order valence-electron chi connectivity index (χ0n) is 15.4. The third-order valence-electron chi connectivity index (χ3n) is 4.23. The Kier molecular flexibility index (Phi) is 5.71. The van der Waals surface area contributed by atoms with Gasteiger partial charge in [-0.3, -0.25) is 9.59 Å². The average Bonchev–Trinajstić information content (AvgIpc) is 3.16. The molecule has 27 heavy (non-hydrogen) atoms. The summed E-state index contributed by atoms with van der Waals surface area (Å²) in [4.78, 5) is 26.3. The highest BCUT2D eigenvalue weighted by Gasteiger charge is 2.19. The minimum absolute atomic E-state index is 0.123. The van der Waals surface area contributed by atoms with Crippen molar-refractivity contribution in [2.45, 2.75) is 26.9 Å². The maximum absolute atomic E-state index is 13.2. The summed E-state index contributed by atoms with van der Waals surface area (Å²) in [5, 5.41) is 2.77. The van der Waals surface area contributed by atoms with Crippen LogP contribution in [-0.2, 0) is 17.9 Å². The van der Waals surface area contributed by atoms with Crippen LogP contribution in [0.2, 0.25) is 0 Å². The molecule has 0 spiro atoms. The van der Waals surface area contributed by atoms with Crippen molar-refractivity contribution in [3.8, 4) is 0 Å². The zero-order chi connectivity index (χ0) is 19.2. The summed E-state index contributed by atoms with van der Waals surface area (Å²) in [6.07, 6.45) is 1.60. The van der Waals surface area contributed by atoms with Gasteiger partial charge in [0.15, 0.2) is 0 Å². The lowest BCUT2D eigenvalue weighted by Gasteiger charge is -2.22. The van der Waals surface area contributed by atoms with Crippen molar-refractivity contribution in [3.05, 3.63) is 89.4 Å². The second kappa shape index (κ2) is 8.36. The Hall–Kier alpha value is -3.34. The van der Waals surface area contributed by atoms with Crippen LogP contribution >= 0.6 is 0 Å². The van der Waals surface area contributed by atoms with Crippen molar-refractivity contribution in [1.82, 2.24) is 4.90 Å². The number of nitrogens with zero attached hydrogens (tertiary/aromatic N) is 1. The first-order valence-corrected chi connectivity index (χ1v) is 8.77. The van der Waals surface area contributed by atoms with E-state index in [-0.39, 0.29) is 11.8 Å². The van der Waals surface area contributed by atoms with Crippen molar-refractivity contribution in [3.63, 3.8) is 0 Å². The third kappa shape index (κ3) is 4.85. The molecule has 0 fully saturated rings. The fraction of sp³-hybridized carbons (Fsp3) is 0.182. The Morgan fingerprint density at radius 3 is 2.44 bits per heavy atom. The molecule has 1 aromatic heterocycles. The number of carbonyl (C=O) groups is 2. The van der Waals surface area contributed by atoms with Crippen LogP contribution in [0.3, 0.4) is 0 Å². The Balaban J connectivity index is 1.88. The van der Waals surface area contributed by atoms with Gasteiger partial charge in [-0.15, -0.1) is 0 Å². The van der Waals surface area contributed by atoms with Gasteiger partial charge in [0.25, 0.3) is 5.91 Å². The molecule has 0 unspecified atom stereocenters. The molecule has 138 valence electrons. The van der Waals surface area contributed by atoms with Gasteiger partial charge in [0.05, 0.1) is 12.8 Å². The number of anilines is 1. The van der Waals surface area contributed by atoms with E-state index in [0.29, 0.717) is 30.1 Å². The molecule has 2 amide bonds. The molecule has 3 rings (SSSR count). The van der Waals surface area contributed by atoms with E-state index < -0.39 is 0 Å². The minimum Gasteiger partial charge on any atom is -0.467 e. The van der Waals surface area contributed by atoms with Crippen LogP contribution in [0.1, 0.15) is 34.2 Å². The van der Waals surface area contributed by atoms with Crippen LogP contribution < -0.4 is 5.32 Å². The molecule has 0 aliphatic carbocycles. The number of rotatable bonds is 6. The van der Waals surface area contributed by atoms with Crippen LogP contribution in [0.5, 0.6) is 0 Å². The lowest BCUT2D eigenvalue weighted by Crippen LogP contribution is -2.30. The summed E-state index contributed by atoms with van der Waals surface area (Å²) < 4.78 is 5.43. The van der Waals surface area contributed by atoms with Gasteiger partial charge in [-0.05, 0) is 42.3 Å². The second-order valence-corrected chi connectivity index (χ2v) is 6.44. The van der Waals surface area contributed by atoms with Gasteiger partial charge in [0.2, 0.25) is 5.91 Å². The van der Waals surface area contributed by atoms with Gasteiger partial charge in [-0.1, -0.05) is 36.4 Å². The number of carbonyl (C=O) groups excluding carboxylic acids is 2. The van der Waals surface area contributed by atoms with Crippen LogP contribution in [0.15, 0.2) is 71.3 Å². The SMILES string of the molecule is CC(=O)Nc1cc(C(=O)N(Cc2ccccc2)Cc2ccco2)ccc1C. The van der Waals surface area contributed by atoms with Crippen LogP contribution in [0, 0.1) is 6.92 Å². The largest absolute Gasteiger partial charge is 0.467 e. The summed E-state index contributed by atoms with van der Waals surface area (Å²) in [5.41, 5.74) is 3.10. The third-order valence-corrected chi connectivity index (χ3v) is 4.23. The molecule has 0 bridgehead atoms. The van der Waals surface area contributed by atoms with Gasteiger partial charge in [-0.2, -0.15) is 0 Å². The molecule has 0 aliphatic rings. The molecule has 0 atom stereocenters. The smallest absolute Gasteiger partial charge is 0.254 e. The molecule has 0 saturated heterocycles. The lowest BCUT2D eigenvalue weighted by atomic mass is 10.1. The summed E-state index contributed by atoms with van der Waals surface area (Å²) in [6.45, 7) is 4.17. The van der Waals surface area contributed by atoms with Crippen molar-refractivity contribution in [2.75, 3.05) is 5.32 Å². The summed E-state index contributed by atoms with van der Waals surface area (Å²) in [7, 11) is 0. The first-order chi connectivity index (χ1) is 13.0. The fourth-order valence-corrected chi connectivity index (χ4v) is 2.86. The highest BCUT2D eigenvalue weighted by molar-refractivity contribution is 5.97. The number of furan rings is 1. The van der Waals surface area contributed by atoms with Crippen LogP contribution in [-0.4, -0.2) is 16.7 Å². The predicted molar refractivity (Wildman–Crippen MR) is 104 cm³/mol. The molecule has 0 aliphatic heterocycles. The van der Waals surface area contributed by atoms with E-state index in [0.717, 1.165) is 11.1 Å². The molecular weight excluding hydrogens is 340 g/mol. The summed E-state index contributed by atoms with van der Waals surface area (Å²) in [5.74, 6) is 0.426. The van der Waals surface area contributed by atoms with Crippen molar-refractivity contribution < 1.29 is 14.0 Å². The second-order valence-electron chi connectivity index (χ2n) is 6.44. The predicted octanol–water partition coefficient (Wildman–Crippen LogP) is 4.39. The molecule has 5 heteroatoms. The number of aryl methyl sites for hydroxylation is 1. The number of amides is 2. The van der Waals surface area contributed by atoms with E-state index in [2.05, 4.69) is 5.32 Å². The number of hydrogen-bond donors (Lipinski definition) is 1. The van der Waals surface area contributed by atoms with Crippen molar-refractivity contribution in [1.29, 1.82) is 0 Å². The maximum Gasteiger partial charge on any atom is 0.254 e. The Bertz CT molecular complexity index is 918. The Labute approximate surface area is 158 Å². The molecule has 0 saturated carbocycles. The summed E-state index contributed by atoms with van der Waals surface area (Å²) in [6, 6.07) is 18.8. The number of nitrogens with one attached hydrogen (secondary N) is 1. The van der Waals surface area contributed by atoms with Crippen molar-refractivity contribution in [2.24, 2.45) is 0 Å². The van der Waals surface area contributed by atoms with E-state index in [9.17, 15) is 9.59 Å². The lowest BCUT2D eigenvalue weighted by molar-refractivity contribution is -0.114. The van der Waals surface area contributed by atoms with Gasteiger partial charge >= 0.3 is 0 Å². The standard InChI is InChI=1S/C22H22N2O3/c1-16-10-11-19(13-21(16)23-17(2)25)22(26)24(15-20-9-6-12-27-20)14-18-7-4-3-5-8-18/h3-13H,14-15H2,1-2H3,(H,23,25). The van der Waals surface area contributed by atoms with Crippen molar-refractivity contribution >= 4 is 17.5 Å². The summed E-state index contributed by atoms with van der Waals surface area (Å²) >= 11 is 0. The molecule has 2 aromatic carbocycles.